The quantitative estimate of drug-likeness (QED) is 0.746. The Balaban J connectivity index is 0.000000123. The molecule has 1 saturated heterocycles. The molecule has 2 aromatic rings. The molecule has 0 bridgehead atoms. The predicted molar refractivity (Wildman–Crippen MR) is 81.8 cm³/mol. The van der Waals surface area contributed by atoms with Crippen molar-refractivity contribution in [3.05, 3.63) is 18.6 Å². The van der Waals surface area contributed by atoms with Gasteiger partial charge in [0.2, 0.25) is 0 Å². The molecule has 2 atom stereocenters. The van der Waals surface area contributed by atoms with E-state index >= 15 is 0 Å². The van der Waals surface area contributed by atoms with Crippen LogP contribution < -0.4 is 10.6 Å². The minimum atomic E-state index is 0.694. The Morgan fingerprint density at radius 1 is 1.40 bits per heavy atom. The maximum Gasteiger partial charge on any atom is 0.142 e. The number of fused-ring (bicyclic) bond motifs is 2. The Hall–Kier alpha value is -1.62. The first-order valence-corrected chi connectivity index (χ1v) is 7.39. The third-order valence-electron chi connectivity index (χ3n) is 4.80. The molecule has 0 amide bonds. The normalized spacial score (nSPS) is 28.0. The summed E-state index contributed by atoms with van der Waals surface area (Å²) in [5.41, 5.74) is 1.56. The van der Waals surface area contributed by atoms with Crippen molar-refractivity contribution >= 4 is 16.9 Å². The lowest BCUT2D eigenvalue weighted by Gasteiger charge is -2.21. The van der Waals surface area contributed by atoms with Gasteiger partial charge < -0.3 is 15.6 Å². The number of nitrogens with one attached hydrogen (secondary N) is 3. The van der Waals surface area contributed by atoms with Gasteiger partial charge >= 0.3 is 0 Å². The highest BCUT2D eigenvalue weighted by atomic mass is 15.0. The summed E-state index contributed by atoms with van der Waals surface area (Å²) in [6.45, 7) is 5.00. The van der Waals surface area contributed by atoms with Gasteiger partial charge in [-0.1, -0.05) is 13.3 Å². The summed E-state index contributed by atoms with van der Waals surface area (Å²) >= 11 is 0. The highest BCUT2D eigenvalue weighted by Crippen LogP contribution is 2.44. The number of nitrogens with zero attached hydrogens (tertiary/aromatic N) is 2. The van der Waals surface area contributed by atoms with Crippen molar-refractivity contribution in [3.8, 4) is 0 Å². The van der Waals surface area contributed by atoms with Gasteiger partial charge in [-0.15, -0.1) is 0 Å². The summed E-state index contributed by atoms with van der Waals surface area (Å²) < 4.78 is 0. The molecule has 2 fully saturated rings. The van der Waals surface area contributed by atoms with Crippen molar-refractivity contribution in [2.24, 2.45) is 11.3 Å². The van der Waals surface area contributed by atoms with Gasteiger partial charge in [-0.3, -0.25) is 0 Å². The molecule has 5 nitrogen and oxygen atoms in total. The van der Waals surface area contributed by atoms with E-state index in [9.17, 15) is 0 Å². The van der Waals surface area contributed by atoms with Gasteiger partial charge in [0.15, 0.2) is 0 Å². The maximum absolute atomic E-state index is 4.06. The Morgan fingerprint density at radius 2 is 2.30 bits per heavy atom. The number of hydrogen-bond acceptors (Lipinski definition) is 4. The first-order valence-electron chi connectivity index (χ1n) is 7.39. The minimum Gasteiger partial charge on any atom is -0.372 e. The van der Waals surface area contributed by atoms with Crippen molar-refractivity contribution in [1.82, 2.24) is 20.3 Å². The first kappa shape index (κ1) is 13.4. The highest BCUT2D eigenvalue weighted by molar-refractivity contribution is 5.86. The van der Waals surface area contributed by atoms with Crippen LogP contribution in [0.2, 0.25) is 0 Å². The fourth-order valence-electron chi connectivity index (χ4n) is 3.49. The molecular weight excluding hydrogens is 250 g/mol. The van der Waals surface area contributed by atoms with E-state index in [1.165, 1.54) is 38.7 Å². The fraction of sp³-hybridized carbons (Fsp3) is 0.600. The van der Waals surface area contributed by atoms with E-state index in [-0.39, 0.29) is 0 Å². The Labute approximate surface area is 119 Å². The standard InChI is InChI=1S/C8H15N.C7H8N4/c1-8-4-2-3-7(8)5-9-6-8;1-8-6-5-2-3-9-7(5)11-4-10-6/h7,9H,2-6H2,1H3;2-4H,1H3,(H2,8,9,10,11)/t7-,8+;/m1./s1. The molecule has 108 valence electrons. The van der Waals surface area contributed by atoms with Crippen molar-refractivity contribution < 1.29 is 0 Å². The van der Waals surface area contributed by atoms with Crippen LogP contribution in [-0.2, 0) is 0 Å². The van der Waals surface area contributed by atoms with Crippen LogP contribution in [-0.4, -0.2) is 35.1 Å². The molecule has 3 heterocycles. The van der Waals surface area contributed by atoms with Gasteiger partial charge in [0, 0.05) is 19.8 Å². The highest BCUT2D eigenvalue weighted by Gasteiger charge is 2.41. The van der Waals surface area contributed by atoms with Crippen molar-refractivity contribution in [2.45, 2.75) is 26.2 Å². The molecule has 0 aromatic carbocycles. The lowest BCUT2D eigenvalue weighted by molar-refractivity contribution is 0.306. The molecular formula is C15H23N5. The van der Waals surface area contributed by atoms with Gasteiger partial charge in [0.25, 0.3) is 0 Å². The summed E-state index contributed by atoms with van der Waals surface area (Å²) in [4.78, 5) is 11.1. The van der Waals surface area contributed by atoms with Crippen LogP contribution >= 0.6 is 0 Å². The molecule has 1 aliphatic heterocycles. The lowest BCUT2D eigenvalue weighted by atomic mass is 9.83. The van der Waals surface area contributed by atoms with Crippen LogP contribution in [0.25, 0.3) is 11.0 Å². The Bertz CT molecular complexity index is 566. The van der Waals surface area contributed by atoms with E-state index in [0.717, 1.165) is 22.8 Å². The van der Waals surface area contributed by atoms with E-state index in [4.69, 9.17) is 0 Å². The summed E-state index contributed by atoms with van der Waals surface area (Å²) in [6, 6.07) is 1.95. The third kappa shape index (κ3) is 2.38. The van der Waals surface area contributed by atoms with E-state index < -0.39 is 0 Å². The van der Waals surface area contributed by atoms with Crippen LogP contribution in [0.5, 0.6) is 0 Å². The van der Waals surface area contributed by atoms with Gasteiger partial charge in [-0.05, 0) is 36.8 Å². The molecule has 0 unspecified atom stereocenters. The van der Waals surface area contributed by atoms with Crippen molar-refractivity contribution in [3.63, 3.8) is 0 Å². The summed E-state index contributed by atoms with van der Waals surface area (Å²) in [5.74, 6) is 1.87. The van der Waals surface area contributed by atoms with E-state index in [2.05, 4.69) is 32.5 Å². The molecule has 2 aromatic heterocycles. The number of aromatic amines is 1. The molecule has 0 spiro atoms. The Morgan fingerprint density at radius 3 is 3.10 bits per heavy atom. The second-order valence-corrected chi connectivity index (χ2v) is 6.09. The zero-order valence-electron chi connectivity index (χ0n) is 12.2. The summed E-state index contributed by atoms with van der Waals surface area (Å²) in [6.07, 6.45) is 7.79. The molecule has 4 rings (SSSR count). The van der Waals surface area contributed by atoms with Crippen LogP contribution in [0, 0.1) is 11.3 Å². The monoisotopic (exact) mass is 273 g/mol. The lowest BCUT2D eigenvalue weighted by Crippen LogP contribution is -2.20. The fourth-order valence-corrected chi connectivity index (χ4v) is 3.49. The molecule has 2 aliphatic rings. The van der Waals surface area contributed by atoms with Crippen LogP contribution in [0.1, 0.15) is 26.2 Å². The minimum absolute atomic E-state index is 0.694. The molecule has 20 heavy (non-hydrogen) atoms. The van der Waals surface area contributed by atoms with Gasteiger partial charge in [-0.2, -0.15) is 0 Å². The second kappa shape index (κ2) is 5.40. The predicted octanol–water partition coefficient (Wildman–Crippen LogP) is 2.40. The average Bonchev–Trinajstić information content (AvgIpc) is 3.12. The number of rotatable bonds is 1. The van der Waals surface area contributed by atoms with Gasteiger partial charge in [0.05, 0.1) is 5.39 Å². The topological polar surface area (TPSA) is 65.6 Å². The van der Waals surface area contributed by atoms with E-state index in [0.29, 0.717) is 5.41 Å². The van der Waals surface area contributed by atoms with E-state index in [1.54, 1.807) is 0 Å². The van der Waals surface area contributed by atoms with Crippen molar-refractivity contribution in [1.29, 1.82) is 0 Å². The number of hydrogen-bond donors (Lipinski definition) is 3. The largest absolute Gasteiger partial charge is 0.372 e. The maximum atomic E-state index is 4.06. The van der Waals surface area contributed by atoms with Crippen molar-refractivity contribution in [2.75, 3.05) is 25.5 Å². The van der Waals surface area contributed by atoms with Gasteiger partial charge in [-0.25, -0.2) is 9.97 Å². The van der Waals surface area contributed by atoms with Crippen LogP contribution in [0.3, 0.4) is 0 Å². The smallest absolute Gasteiger partial charge is 0.142 e. The molecule has 3 N–H and O–H groups in total. The Kier molecular flexibility index (Phi) is 3.61. The molecule has 1 saturated carbocycles. The first-order chi connectivity index (χ1) is 9.73. The average molecular weight is 273 g/mol. The summed E-state index contributed by atoms with van der Waals surface area (Å²) in [5, 5.41) is 7.47. The van der Waals surface area contributed by atoms with Crippen LogP contribution in [0.4, 0.5) is 5.82 Å². The van der Waals surface area contributed by atoms with Gasteiger partial charge in [0.1, 0.15) is 17.8 Å². The number of anilines is 1. The molecule has 5 heteroatoms. The molecule has 0 radical (unpaired) electrons. The zero-order chi connectivity index (χ0) is 14.0. The number of aromatic nitrogens is 3. The zero-order valence-corrected chi connectivity index (χ0v) is 12.2. The SMILES string of the molecule is CNc1ncnc2[nH]ccc12.C[C@@]12CCC[C@@H]1CNC2. The van der Waals surface area contributed by atoms with Crippen LogP contribution in [0.15, 0.2) is 18.6 Å². The third-order valence-corrected chi connectivity index (χ3v) is 4.80. The summed E-state index contributed by atoms with van der Waals surface area (Å²) in [7, 11) is 1.84. The second-order valence-electron chi connectivity index (χ2n) is 6.09. The molecule has 1 aliphatic carbocycles. The number of H-pyrrole nitrogens is 1. The van der Waals surface area contributed by atoms with E-state index in [1.807, 2.05) is 19.3 Å².